The van der Waals surface area contributed by atoms with E-state index < -0.39 is 0 Å². The van der Waals surface area contributed by atoms with Crippen molar-refractivity contribution in [2.75, 3.05) is 0 Å². The molecule has 0 saturated carbocycles. The van der Waals surface area contributed by atoms with E-state index in [2.05, 4.69) is 50.6 Å². The molecule has 0 spiro atoms. The van der Waals surface area contributed by atoms with Crippen molar-refractivity contribution in [2.45, 2.75) is 60.4 Å². The molecule has 0 saturated heterocycles. The van der Waals surface area contributed by atoms with E-state index in [1.54, 1.807) is 17.6 Å². The Bertz CT molecular complexity index is 1470. The molecule has 0 aliphatic heterocycles. The first kappa shape index (κ1) is 26.5. The lowest BCUT2D eigenvalue weighted by Crippen LogP contribution is -2.28. The minimum absolute atomic E-state index is 0.0908. The summed E-state index contributed by atoms with van der Waals surface area (Å²) in [6.45, 7) is 11.5. The van der Waals surface area contributed by atoms with E-state index in [9.17, 15) is 4.79 Å². The fourth-order valence-electron chi connectivity index (χ4n) is 5.34. The van der Waals surface area contributed by atoms with Crippen LogP contribution in [0.15, 0.2) is 58.1 Å². The molecular formula is C31H34ClN3O2S. The van der Waals surface area contributed by atoms with Gasteiger partial charge in [-0.3, -0.25) is 4.79 Å². The first-order valence-electron chi connectivity index (χ1n) is 13.1. The number of amides is 1. The van der Waals surface area contributed by atoms with Gasteiger partial charge in [0.15, 0.2) is 0 Å². The molecule has 1 aliphatic carbocycles. The number of hydrogen-bond donors (Lipinski definition) is 1. The standard InChI is InChI=1S/C31H34ClN3O2S/c1-19-15-21(20(2)35(19)24-11-9-23(32)10-12-24)17-34-30-28(29(36)33-18-25-7-6-14-37-25)26-13-8-22(31(3,4)5)16-27(26)38-30/h6-7,9-12,14-15,17,22H,8,13,16,18H2,1-5H3,(H,33,36)/t22-/m1/s1. The summed E-state index contributed by atoms with van der Waals surface area (Å²) in [5.41, 5.74) is 6.39. The molecule has 1 atom stereocenters. The van der Waals surface area contributed by atoms with Crippen LogP contribution in [-0.2, 0) is 19.4 Å². The molecule has 3 heterocycles. The summed E-state index contributed by atoms with van der Waals surface area (Å²) in [5.74, 6) is 1.23. The Morgan fingerprint density at radius 2 is 2.00 bits per heavy atom. The van der Waals surface area contributed by atoms with Gasteiger partial charge < -0.3 is 14.3 Å². The Balaban J connectivity index is 1.48. The fraction of sp³-hybridized carbons (Fsp3) is 0.355. The van der Waals surface area contributed by atoms with Crippen LogP contribution < -0.4 is 5.32 Å². The number of rotatable bonds is 6. The van der Waals surface area contributed by atoms with Gasteiger partial charge >= 0.3 is 0 Å². The zero-order chi connectivity index (χ0) is 27.0. The van der Waals surface area contributed by atoms with Crippen molar-refractivity contribution >= 4 is 40.1 Å². The predicted octanol–water partition coefficient (Wildman–Crippen LogP) is 8.23. The maximum absolute atomic E-state index is 13.5. The molecule has 38 heavy (non-hydrogen) atoms. The number of carbonyl (C=O) groups is 1. The topological polar surface area (TPSA) is 59.5 Å². The number of carbonyl (C=O) groups excluding carboxylic acids is 1. The molecule has 0 bridgehead atoms. The van der Waals surface area contributed by atoms with Crippen molar-refractivity contribution in [1.82, 2.24) is 9.88 Å². The Kier molecular flexibility index (Phi) is 7.38. The Labute approximate surface area is 233 Å². The van der Waals surface area contributed by atoms with Gasteiger partial charge in [0.05, 0.1) is 18.4 Å². The largest absolute Gasteiger partial charge is 0.467 e. The van der Waals surface area contributed by atoms with Crippen molar-refractivity contribution in [2.24, 2.45) is 16.3 Å². The van der Waals surface area contributed by atoms with Gasteiger partial charge in [0.25, 0.3) is 5.91 Å². The highest BCUT2D eigenvalue weighted by Gasteiger charge is 2.33. The molecule has 3 aromatic heterocycles. The highest BCUT2D eigenvalue weighted by Crippen LogP contribution is 2.45. The number of benzene rings is 1. The number of furan rings is 1. The number of nitrogens with one attached hydrogen (secondary N) is 1. The fourth-order valence-corrected chi connectivity index (χ4v) is 6.73. The number of fused-ring (bicyclic) bond motifs is 1. The lowest BCUT2D eigenvalue weighted by molar-refractivity contribution is 0.0947. The van der Waals surface area contributed by atoms with Crippen molar-refractivity contribution in [3.05, 3.63) is 92.5 Å². The number of aryl methyl sites for hydroxylation is 1. The zero-order valence-corrected chi connectivity index (χ0v) is 24.2. The second-order valence-electron chi connectivity index (χ2n) is 11.1. The third-order valence-corrected chi connectivity index (χ3v) is 8.99. The Morgan fingerprint density at radius 1 is 1.24 bits per heavy atom. The third kappa shape index (κ3) is 5.38. The monoisotopic (exact) mass is 547 g/mol. The number of halogens is 1. The van der Waals surface area contributed by atoms with E-state index >= 15 is 0 Å². The molecule has 1 amide bonds. The minimum atomic E-state index is -0.0908. The highest BCUT2D eigenvalue weighted by molar-refractivity contribution is 7.16. The van der Waals surface area contributed by atoms with Gasteiger partial charge in [0.2, 0.25) is 0 Å². The van der Waals surface area contributed by atoms with E-state index in [0.29, 0.717) is 23.0 Å². The molecule has 5 nitrogen and oxygen atoms in total. The van der Waals surface area contributed by atoms with Gasteiger partial charge in [-0.1, -0.05) is 32.4 Å². The summed E-state index contributed by atoms with van der Waals surface area (Å²) in [5, 5.41) is 4.54. The summed E-state index contributed by atoms with van der Waals surface area (Å²) in [4.78, 5) is 19.7. The molecule has 1 N–H and O–H groups in total. The van der Waals surface area contributed by atoms with E-state index in [-0.39, 0.29) is 11.3 Å². The summed E-state index contributed by atoms with van der Waals surface area (Å²) in [6, 6.07) is 13.7. The SMILES string of the molecule is Cc1cc(C=Nc2sc3c(c2C(=O)NCc2ccco2)CC[C@@H](C(C)(C)C)C3)c(C)n1-c1ccc(Cl)cc1. The van der Waals surface area contributed by atoms with Crippen LogP contribution in [0.25, 0.3) is 5.69 Å². The normalized spacial score (nSPS) is 15.7. The highest BCUT2D eigenvalue weighted by atomic mass is 35.5. The number of aromatic nitrogens is 1. The van der Waals surface area contributed by atoms with Crippen molar-refractivity contribution in [3.63, 3.8) is 0 Å². The van der Waals surface area contributed by atoms with Gasteiger partial charge in [0.1, 0.15) is 10.8 Å². The molecule has 0 radical (unpaired) electrons. The van der Waals surface area contributed by atoms with E-state index in [0.717, 1.165) is 58.2 Å². The number of hydrogen-bond acceptors (Lipinski definition) is 4. The molecule has 1 aliphatic rings. The molecule has 7 heteroatoms. The first-order chi connectivity index (χ1) is 18.1. The van der Waals surface area contributed by atoms with Crippen LogP contribution in [0.4, 0.5) is 5.00 Å². The van der Waals surface area contributed by atoms with Gasteiger partial charge in [-0.2, -0.15) is 0 Å². The molecule has 0 unspecified atom stereocenters. The van der Waals surface area contributed by atoms with Gasteiger partial charge in [-0.25, -0.2) is 4.99 Å². The Hall–Kier alpha value is -3.09. The molecule has 0 fully saturated rings. The van der Waals surface area contributed by atoms with E-state index in [1.807, 2.05) is 42.6 Å². The van der Waals surface area contributed by atoms with Crippen LogP contribution in [0.5, 0.6) is 0 Å². The van der Waals surface area contributed by atoms with Crippen molar-refractivity contribution in [3.8, 4) is 5.69 Å². The number of aliphatic imine (C=N–C) groups is 1. The first-order valence-corrected chi connectivity index (χ1v) is 14.3. The lowest BCUT2D eigenvalue weighted by Gasteiger charge is -2.33. The molecule has 5 rings (SSSR count). The maximum atomic E-state index is 13.5. The molecule has 198 valence electrons. The summed E-state index contributed by atoms with van der Waals surface area (Å²) in [6.07, 6.45) is 6.49. The van der Waals surface area contributed by atoms with Crippen LogP contribution in [0, 0.1) is 25.2 Å². The average molecular weight is 548 g/mol. The third-order valence-electron chi connectivity index (χ3n) is 7.58. The summed E-state index contributed by atoms with van der Waals surface area (Å²) in [7, 11) is 0. The lowest BCUT2D eigenvalue weighted by atomic mass is 9.72. The average Bonchev–Trinajstić information content (AvgIpc) is 3.59. The number of nitrogens with zero attached hydrogens (tertiary/aromatic N) is 2. The second kappa shape index (κ2) is 10.6. The predicted molar refractivity (Wildman–Crippen MR) is 157 cm³/mol. The van der Waals surface area contributed by atoms with Crippen LogP contribution in [0.1, 0.15) is 70.7 Å². The second-order valence-corrected chi connectivity index (χ2v) is 12.7. The zero-order valence-electron chi connectivity index (χ0n) is 22.6. The van der Waals surface area contributed by atoms with Gasteiger partial charge in [-0.05, 0) is 92.5 Å². The summed E-state index contributed by atoms with van der Waals surface area (Å²) >= 11 is 7.77. The Morgan fingerprint density at radius 3 is 2.68 bits per heavy atom. The summed E-state index contributed by atoms with van der Waals surface area (Å²) < 4.78 is 7.62. The van der Waals surface area contributed by atoms with Crippen molar-refractivity contribution in [1.29, 1.82) is 0 Å². The molecule has 4 aromatic rings. The maximum Gasteiger partial charge on any atom is 0.255 e. The quantitative estimate of drug-likeness (QED) is 0.247. The van der Waals surface area contributed by atoms with Gasteiger partial charge in [0, 0.05) is 38.8 Å². The van der Waals surface area contributed by atoms with Crippen LogP contribution in [0.3, 0.4) is 0 Å². The van der Waals surface area contributed by atoms with Crippen LogP contribution >= 0.6 is 22.9 Å². The molecule has 1 aromatic carbocycles. The number of thiophene rings is 1. The minimum Gasteiger partial charge on any atom is -0.467 e. The van der Waals surface area contributed by atoms with E-state index in [4.69, 9.17) is 21.0 Å². The van der Waals surface area contributed by atoms with Crippen LogP contribution in [0.2, 0.25) is 5.02 Å². The van der Waals surface area contributed by atoms with E-state index in [1.165, 1.54) is 4.88 Å². The van der Waals surface area contributed by atoms with Gasteiger partial charge in [-0.15, -0.1) is 11.3 Å². The molecular weight excluding hydrogens is 514 g/mol. The van der Waals surface area contributed by atoms with Crippen molar-refractivity contribution < 1.29 is 9.21 Å². The smallest absolute Gasteiger partial charge is 0.255 e. The van der Waals surface area contributed by atoms with Crippen LogP contribution in [-0.4, -0.2) is 16.7 Å².